The van der Waals surface area contributed by atoms with Crippen LogP contribution in [0.4, 0.5) is 0 Å². The third-order valence-electron chi connectivity index (χ3n) is 4.24. The number of amides is 1. The smallest absolute Gasteiger partial charge is 0.341 e. The molecular weight excluding hydrogens is 308 g/mol. The molecule has 0 aromatic heterocycles. The Hall–Kier alpha value is -2.08. The van der Waals surface area contributed by atoms with Crippen LogP contribution < -0.4 is 10.1 Å². The quantitative estimate of drug-likeness (QED) is 0.862. The first-order valence-corrected chi connectivity index (χ1v) is 8.26. The lowest BCUT2D eigenvalue weighted by molar-refractivity contribution is -0.139. The maximum Gasteiger partial charge on any atom is 0.341 e. The summed E-state index contributed by atoms with van der Waals surface area (Å²) in [6.45, 7) is 8.13. The minimum absolute atomic E-state index is 0.148. The van der Waals surface area contributed by atoms with E-state index < -0.39 is 12.6 Å². The van der Waals surface area contributed by atoms with E-state index in [4.69, 9.17) is 9.84 Å². The summed E-state index contributed by atoms with van der Waals surface area (Å²) in [7, 11) is 0. The first-order chi connectivity index (χ1) is 11.3. The van der Waals surface area contributed by atoms with E-state index >= 15 is 0 Å². The number of likely N-dealkylation sites (tertiary alicyclic amines) is 1. The number of ether oxygens (including phenoxy) is 1. The molecule has 0 atom stereocenters. The van der Waals surface area contributed by atoms with Crippen molar-refractivity contribution in [2.24, 2.45) is 0 Å². The van der Waals surface area contributed by atoms with Gasteiger partial charge in [0, 0.05) is 30.2 Å². The minimum atomic E-state index is -1.05. The van der Waals surface area contributed by atoms with Crippen molar-refractivity contribution in [1.82, 2.24) is 10.2 Å². The Morgan fingerprint density at radius 2 is 1.96 bits per heavy atom. The van der Waals surface area contributed by atoms with E-state index in [-0.39, 0.29) is 17.5 Å². The first kappa shape index (κ1) is 18.3. The SMILES string of the molecule is CC(C)(C)N1CCC(NC(=O)c2cccc(OCC(=O)O)c2)CC1. The van der Waals surface area contributed by atoms with E-state index in [1.807, 2.05) is 0 Å². The van der Waals surface area contributed by atoms with Gasteiger partial charge in [0.1, 0.15) is 5.75 Å². The topological polar surface area (TPSA) is 78.9 Å². The fraction of sp³-hybridized carbons (Fsp3) is 0.556. The van der Waals surface area contributed by atoms with Gasteiger partial charge in [-0.25, -0.2) is 4.79 Å². The summed E-state index contributed by atoms with van der Waals surface area (Å²) in [5, 5.41) is 11.7. The number of carboxylic acids is 1. The summed E-state index contributed by atoms with van der Waals surface area (Å²) < 4.78 is 5.11. The van der Waals surface area contributed by atoms with Gasteiger partial charge in [0.25, 0.3) is 5.91 Å². The van der Waals surface area contributed by atoms with Crippen LogP contribution in [0.15, 0.2) is 24.3 Å². The molecule has 1 heterocycles. The molecule has 6 heteroatoms. The zero-order chi connectivity index (χ0) is 17.7. The number of hydrogen-bond acceptors (Lipinski definition) is 4. The van der Waals surface area contributed by atoms with Crippen molar-refractivity contribution < 1.29 is 19.4 Å². The van der Waals surface area contributed by atoms with Crippen LogP contribution in [0.3, 0.4) is 0 Å². The highest BCUT2D eigenvalue weighted by molar-refractivity contribution is 5.94. The maximum absolute atomic E-state index is 12.4. The second-order valence-electron chi connectivity index (χ2n) is 7.12. The van der Waals surface area contributed by atoms with Gasteiger partial charge in [-0.05, 0) is 51.8 Å². The van der Waals surface area contributed by atoms with Crippen molar-refractivity contribution in [2.75, 3.05) is 19.7 Å². The average molecular weight is 334 g/mol. The van der Waals surface area contributed by atoms with Crippen molar-refractivity contribution in [2.45, 2.75) is 45.2 Å². The molecule has 1 aromatic rings. The van der Waals surface area contributed by atoms with Crippen LogP contribution in [0.25, 0.3) is 0 Å². The predicted octanol–water partition coefficient (Wildman–Crippen LogP) is 2.14. The summed E-state index contributed by atoms with van der Waals surface area (Å²) in [6, 6.07) is 6.77. The van der Waals surface area contributed by atoms with Crippen LogP contribution in [0.2, 0.25) is 0 Å². The second kappa shape index (κ2) is 7.66. The number of rotatable bonds is 5. The molecule has 0 spiro atoms. The standard InChI is InChI=1S/C18H26N2O4/c1-18(2,3)20-9-7-14(8-10-20)19-17(23)13-5-4-6-15(11-13)24-12-16(21)22/h4-6,11,14H,7-10,12H2,1-3H3,(H,19,23)(H,21,22). The number of nitrogens with one attached hydrogen (secondary N) is 1. The molecule has 0 bridgehead atoms. The predicted molar refractivity (Wildman–Crippen MR) is 91.4 cm³/mol. The van der Waals surface area contributed by atoms with Crippen LogP contribution in [0, 0.1) is 0 Å². The molecule has 2 rings (SSSR count). The third-order valence-corrected chi connectivity index (χ3v) is 4.24. The van der Waals surface area contributed by atoms with E-state index in [0.717, 1.165) is 25.9 Å². The molecule has 1 aliphatic heterocycles. The zero-order valence-electron chi connectivity index (χ0n) is 14.5. The number of carboxylic acid groups (broad SMARTS) is 1. The Balaban J connectivity index is 1.89. The normalized spacial score (nSPS) is 16.6. The molecule has 1 aromatic carbocycles. The van der Waals surface area contributed by atoms with E-state index in [1.165, 1.54) is 0 Å². The van der Waals surface area contributed by atoms with Crippen molar-refractivity contribution in [3.63, 3.8) is 0 Å². The summed E-state index contributed by atoms with van der Waals surface area (Å²) in [5.41, 5.74) is 0.640. The Bertz CT molecular complexity index is 587. The van der Waals surface area contributed by atoms with Crippen molar-refractivity contribution in [1.29, 1.82) is 0 Å². The molecule has 0 aliphatic carbocycles. The number of aliphatic carboxylic acids is 1. The average Bonchev–Trinajstić information content (AvgIpc) is 2.53. The molecule has 0 radical (unpaired) electrons. The lowest BCUT2D eigenvalue weighted by atomic mass is 9.98. The van der Waals surface area contributed by atoms with Crippen LogP contribution >= 0.6 is 0 Å². The van der Waals surface area contributed by atoms with E-state index in [9.17, 15) is 9.59 Å². The lowest BCUT2D eigenvalue weighted by Crippen LogP contribution is -2.50. The van der Waals surface area contributed by atoms with E-state index in [0.29, 0.717) is 11.3 Å². The number of carbonyl (C=O) groups excluding carboxylic acids is 1. The molecule has 6 nitrogen and oxygen atoms in total. The van der Waals surface area contributed by atoms with Gasteiger partial charge < -0.3 is 15.2 Å². The van der Waals surface area contributed by atoms with Crippen LogP contribution in [0.5, 0.6) is 5.75 Å². The van der Waals surface area contributed by atoms with Gasteiger partial charge in [-0.2, -0.15) is 0 Å². The minimum Gasteiger partial charge on any atom is -0.482 e. The van der Waals surface area contributed by atoms with Crippen molar-refractivity contribution in [3.8, 4) is 5.75 Å². The molecule has 0 unspecified atom stereocenters. The van der Waals surface area contributed by atoms with Crippen LogP contribution in [-0.2, 0) is 4.79 Å². The van der Waals surface area contributed by atoms with Crippen LogP contribution in [-0.4, -0.2) is 53.2 Å². The fourth-order valence-corrected chi connectivity index (χ4v) is 2.84. The summed E-state index contributed by atoms with van der Waals surface area (Å²) >= 11 is 0. The van der Waals surface area contributed by atoms with Gasteiger partial charge in [-0.15, -0.1) is 0 Å². The molecule has 1 saturated heterocycles. The van der Waals surface area contributed by atoms with Gasteiger partial charge in [0.15, 0.2) is 6.61 Å². The third kappa shape index (κ3) is 5.23. The van der Waals surface area contributed by atoms with Crippen molar-refractivity contribution in [3.05, 3.63) is 29.8 Å². The zero-order valence-corrected chi connectivity index (χ0v) is 14.5. The molecular formula is C18H26N2O4. The molecule has 2 N–H and O–H groups in total. The summed E-state index contributed by atoms with van der Waals surface area (Å²) in [4.78, 5) is 25.4. The molecule has 1 amide bonds. The second-order valence-corrected chi connectivity index (χ2v) is 7.12. The number of benzene rings is 1. The summed E-state index contributed by atoms with van der Waals surface area (Å²) in [5.74, 6) is -0.812. The summed E-state index contributed by atoms with van der Waals surface area (Å²) in [6.07, 6.45) is 1.86. The van der Waals surface area contributed by atoms with Crippen molar-refractivity contribution >= 4 is 11.9 Å². The monoisotopic (exact) mass is 334 g/mol. The van der Waals surface area contributed by atoms with E-state index in [1.54, 1.807) is 24.3 Å². The number of carbonyl (C=O) groups is 2. The Labute approximate surface area is 142 Å². The number of piperidine rings is 1. The fourth-order valence-electron chi connectivity index (χ4n) is 2.84. The lowest BCUT2D eigenvalue weighted by Gasteiger charge is -2.41. The van der Waals surface area contributed by atoms with Crippen LogP contribution in [0.1, 0.15) is 44.0 Å². The highest BCUT2D eigenvalue weighted by Gasteiger charge is 2.27. The maximum atomic E-state index is 12.4. The number of hydrogen-bond donors (Lipinski definition) is 2. The number of nitrogens with zero attached hydrogens (tertiary/aromatic N) is 1. The largest absolute Gasteiger partial charge is 0.482 e. The molecule has 24 heavy (non-hydrogen) atoms. The Kier molecular flexibility index (Phi) is 5.83. The Morgan fingerprint density at radius 3 is 2.54 bits per heavy atom. The van der Waals surface area contributed by atoms with Gasteiger partial charge >= 0.3 is 5.97 Å². The van der Waals surface area contributed by atoms with E-state index in [2.05, 4.69) is 31.0 Å². The molecule has 0 saturated carbocycles. The molecule has 132 valence electrons. The van der Waals surface area contributed by atoms with Gasteiger partial charge in [-0.1, -0.05) is 6.07 Å². The molecule has 1 fully saturated rings. The van der Waals surface area contributed by atoms with Gasteiger partial charge in [0.2, 0.25) is 0 Å². The first-order valence-electron chi connectivity index (χ1n) is 8.26. The van der Waals surface area contributed by atoms with Gasteiger partial charge in [-0.3, -0.25) is 9.69 Å². The molecule has 1 aliphatic rings. The highest BCUT2D eigenvalue weighted by Crippen LogP contribution is 2.20. The van der Waals surface area contributed by atoms with Gasteiger partial charge in [0.05, 0.1) is 0 Å². The Morgan fingerprint density at radius 1 is 1.29 bits per heavy atom. The highest BCUT2D eigenvalue weighted by atomic mass is 16.5.